The summed E-state index contributed by atoms with van der Waals surface area (Å²) in [5.74, 6) is 1.07. The Labute approximate surface area is 123 Å². The van der Waals surface area contributed by atoms with Crippen LogP contribution in [0.15, 0.2) is 42.5 Å². The predicted octanol–water partition coefficient (Wildman–Crippen LogP) is 4.07. The maximum absolute atomic E-state index is 12.1. The molecule has 0 amide bonds. The summed E-state index contributed by atoms with van der Waals surface area (Å²) in [7, 11) is 1.39. The summed E-state index contributed by atoms with van der Waals surface area (Å²) in [5, 5.41) is 0. The third kappa shape index (κ3) is 2.42. The molecule has 0 saturated heterocycles. The van der Waals surface area contributed by atoms with Crippen LogP contribution in [-0.2, 0) is 16.0 Å². The van der Waals surface area contributed by atoms with Gasteiger partial charge in [0.05, 0.1) is 12.7 Å². The molecule has 0 saturated carbocycles. The van der Waals surface area contributed by atoms with E-state index in [1.54, 1.807) is 0 Å². The number of hydrogen-bond donors (Lipinski definition) is 0. The second-order valence-electron chi connectivity index (χ2n) is 4.87. The van der Waals surface area contributed by atoms with Gasteiger partial charge in [-0.3, -0.25) is 0 Å². The zero-order valence-corrected chi connectivity index (χ0v) is 12.1. The van der Waals surface area contributed by atoms with E-state index in [0.29, 0.717) is 11.3 Å². The molecular weight excluding hydrogens is 264 g/mol. The number of aryl methyl sites for hydroxylation is 1. The number of carbonyl (C=O) groups excluding carboxylic acids is 1. The summed E-state index contributed by atoms with van der Waals surface area (Å²) in [6.07, 6.45) is 2.73. The quantitative estimate of drug-likeness (QED) is 0.778. The van der Waals surface area contributed by atoms with E-state index in [4.69, 9.17) is 9.47 Å². The van der Waals surface area contributed by atoms with Crippen LogP contribution < -0.4 is 4.74 Å². The number of esters is 1. The van der Waals surface area contributed by atoms with Crippen molar-refractivity contribution in [2.45, 2.75) is 13.3 Å². The van der Waals surface area contributed by atoms with Crippen LogP contribution in [0.1, 0.15) is 23.6 Å². The topological polar surface area (TPSA) is 35.5 Å². The molecule has 0 aliphatic carbocycles. The van der Waals surface area contributed by atoms with Gasteiger partial charge in [-0.05, 0) is 30.2 Å². The van der Waals surface area contributed by atoms with Crippen molar-refractivity contribution in [1.82, 2.24) is 0 Å². The minimum Gasteiger partial charge on any atom is -0.465 e. The zero-order chi connectivity index (χ0) is 14.8. The average Bonchev–Trinajstić information content (AvgIpc) is 2.69. The normalized spacial score (nSPS) is 12.4. The molecule has 1 aliphatic rings. The number of benzene rings is 2. The van der Waals surface area contributed by atoms with Crippen molar-refractivity contribution in [2.75, 3.05) is 7.11 Å². The molecule has 0 bridgehead atoms. The number of rotatable bonds is 2. The van der Waals surface area contributed by atoms with Crippen LogP contribution in [0.25, 0.3) is 11.6 Å². The van der Waals surface area contributed by atoms with E-state index >= 15 is 0 Å². The SMILES string of the molecule is CCc1ccc2c(c1)Oc1ccccc1C=C2C(=O)OC. The lowest BCUT2D eigenvalue weighted by Gasteiger charge is -2.11. The molecule has 21 heavy (non-hydrogen) atoms. The minimum absolute atomic E-state index is 0.360. The first-order valence-corrected chi connectivity index (χ1v) is 6.93. The monoisotopic (exact) mass is 280 g/mol. The van der Waals surface area contributed by atoms with Gasteiger partial charge in [0.25, 0.3) is 0 Å². The van der Waals surface area contributed by atoms with Crippen LogP contribution >= 0.6 is 0 Å². The van der Waals surface area contributed by atoms with Gasteiger partial charge in [0, 0.05) is 11.1 Å². The van der Waals surface area contributed by atoms with E-state index in [9.17, 15) is 4.79 Å². The molecule has 3 rings (SSSR count). The number of fused-ring (bicyclic) bond motifs is 2. The largest absolute Gasteiger partial charge is 0.465 e. The molecule has 1 aliphatic heterocycles. The van der Waals surface area contributed by atoms with Gasteiger partial charge in [0.15, 0.2) is 0 Å². The van der Waals surface area contributed by atoms with E-state index in [2.05, 4.69) is 6.92 Å². The molecule has 3 nitrogen and oxygen atoms in total. The highest BCUT2D eigenvalue weighted by atomic mass is 16.5. The Balaban J connectivity index is 2.23. The van der Waals surface area contributed by atoms with Crippen LogP contribution in [-0.4, -0.2) is 13.1 Å². The van der Waals surface area contributed by atoms with Crippen molar-refractivity contribution in [3.8, 4) is 11.5 Å². The van der Waals surface area contributed by atoms with Crippen LogP contribution in [0.5, 0.6) is 11.5 Å². The number of para-hydroxylation sites is 1. The fourth-order valence-electron chi connectivity index (χ4n) is 2.42. The highest BCUT2D eigenvalue weighted by Crippen LogP contribution is 2.38. The lowest BCUT2D eigenvalue weighted by atomic mass is 10.0. The average molecular weight is 280 g/mol. The van der Waals surface area contributed by atoms with Gasteiger partial charge in [-0.2, -0.15) is 0 Å². The predicted molar refractivity (Wildman–Crippen MR) is 82.2 cm³/mol. The van der Waals surface area contributed by atoms with E-state index < -0.39 is 0 Å². The Hall–Kier alpha value is -2.55. The molecule has 2 aromatic carbocycles. The van der Waals surface area contributed by atoms with Crippen LogP contribution in [0.4, 0.5) is 0 Å². The number of carbonyl (C=O) groups is 1. The summed E-state index contributed by atoms with van der Waals surface area (Å²) in [4.78, 5) is 12.1. The molecule has 106 valence electrons. The van der Waals surface area contributed by atoms with Crippen molar-refractivity contribution in [3.05, 3.63) is 59.2 Å². The third-order valence-corrected chi connectivity index (χ3v) is 3.59. The van der Waals surface area contributed by atoms with Crippen molar-refractivity contribution >= 4 is 17.6 Å². The molecule has 0 aromatic heterocycles. The molecule has 0 spiro atoms. The van der Waals surface area contributed by atoms with Gasteiger partial charge in [-0.1, -0.05) is 37.3 Å². The van der Waals surface area contributed by atoms with E-state index in [0.717, 1.165) is 28.9 Å². The fraction of sp³-hybridized carbons (Fsp3) is 0.167. The van der Waals surface area contributed by atoms with Gasteiger partial charge in [0.1, 0.15) is 11.5 Å². The summed E-state index contributed by atoms with van der Waals surface area (Å²) in [6, 6.07) is 13.6. The smallest absolute Gasteiger partial charge is 0.338 e. The highest BCUT2D eigenvalue weighted by molar-refractivity contribution is 6.22. The Kier molecular flexibility index (Phi) is 3.48. The Morgan fingerprint density at radius 2 is 1.95 bits per heavy atom. The molecule has 0 radical (unpaired) electrons. The summed E-state index contributed by atoms with van der Waals surface area (Å²) < 4.78 is 10.9. The number of hydrogen-bond acceptors (Lipinski definition) is 3. The van der Waals surface area contributed by atoms with Crippen molar-refractivity contribution in [1.29, 1.82) is 0 Å². The van der Waals surface area contributed by atoms with Crippen molar-refractivity contribution in [2.24, 2.45) is 0 Å². The molecule has 1 heterocycles. The molecule has 0 fully saturated rings. The second-order valence-corrected chi connectivity index (χ2v) is 4.87. The Bertz CT molecular complexity index is 729. The standard InChI is InChI=1S/C18H16O3/c1-3-12-8-9-14-15(18(19)20-2)11-13-6-4-5-7-16(13)21-17(14)10-12/h4-11H,3H2,1-2H3. The molecule has 3 heteroatoms. The van der Waals surface area contributed by atoms with E-state index in [1.807, 2.05) is 48.5 Å². The van der Waals surface area contributed by atoms with Crippen molar-refractivity contribution in [3.63, 3.8) is 0 Å². The van der Waals surface area contributed by atoms with Gasteiger partial charge in [0.2, 0.25) is 0 Å². The first-order chi connectivity index (χ1) is 10.2. The van der Waals surface area contributed by atoms with Gasteiger partial charge in [-0.25, -0.2) is 4.79 Å². The second kappa shape index (κ2) is 5.44. The molecular formula is C18H16O3. The fourth-order valence-corrected chi connectivity index (χ4v) is 2.42. The maximum Gasteiger partial charge on any atom is 0.338 e. The van der Waals surface area contributed by atoms with Gasteiger partial charge >= 0.3 is 5.97 Å². The molecule has 0 atom stereocenters. The number of ether oxygens (including phenoxy) is 2. The van der Waals surface area contributed by atoms with E-state index in [-0.39, 0.29) is 5.97 Å². The molecule has 0 N–H and O–H groups in total. The van der Waals surface area contributed by atoms with Crippen LogP contribution in [0.2, 0.25) is 0 Å². The third-order valence-electron chi connectivity index (χ3n) is 3.59. The van der Waals surface area contributed by atoms with Crippen LogP contribution in [0, 0.1) is 0 Å². The highest BCUT2D eigenvalue weighted by Gasteiger charge is 2.22. The summed E-state index contributed by atoms with van der Waals surface area (Å²) in [6.45, 7) is 2.09. The summed E-state index contributed by atoms with van der Waals surface area (Å²) in [5.41, 5.74) is 3.31. The lowest BCUT2D eigenvalue weighted by molar-refractivity contribution is -0.133. The molecule has 2 aromatic rings. The lowest BCUT2D eigenvalue weighted by Crippen LogP contribution is -2.04. The van der Waals surface area contributed by atoms with Gasteiger partial charge in [-0.15, -0.1) is 0 Å². The number of methoxy groups -OCH3 is 1. The Morgan fingerprint density at radius 1 is 1.14 bits per heavy atom. The summed E-state index contributed by atoms with van der Waals surface area (Å²) >= 11 is 0. The minimum atomic E-state index is -0.360. The zero-order valence-electron chi connectivity index (χ0n) is 12.1. The van der Waals surface area contributed by atoms with Crippen molar-refractivity contribution < 1.29 is 14.3 Å². The van der Waals surface area contributed by atoms with E-state index in [1.165, 1.54) is 7.11 Å². The first-order valence-electron chi connectivity index (χ1n) is 6.93. The molecule has 0 unspecified atom stereocenters. The van der Waals surface area contributed by atoms with Gasteiger partial charge < -0.3 is 9.47 Å². The first kappa shape index (κ1) is 13.4. The maximum atomic E-state index is 12.1. The Morgan fingerprint density at radius 3 is 2.71 bits per heavy atom. The van der Waals surface area contributed by atoms with Crippen LogP contribution in [0.3, 0.4) is 0 Å².